The van der Waals surface area contributed by atoms with Crippen molar-refractivity contribution in [3.63, 3.8) is 0 Å². The highest BCUT2D eigenvalue weighted by atomic mass is 19.1. The summed E-state index contributed by atoms with van der Waals surface area (Å²) in [7, 11) is 0. The molecule has 0 fully saturated rings. The van der Waals surface area contributed by atoms with Crippen LogP contribution in [-0.4, -0.2) is 28.5 Å². The average molecular weight is 419 g/mol. The van der Waals surface area contributed by atoms with E-state index < -0.39 is 34.9 Å². The Morgan fingerprint density at radius 3 is 2.33 bits per heavy atom. The second kappa shape index (κ2) is 12.0. The normalized spacial score (nSPS) is 17.9. The van der Waals surface area contributed by atoms with Gasteiger partial charge in [0.1, 0.15) is 17.2 Å². The third kappa shape index (κ3) is 6.93. The number of dihydropyridines is 1. The van der Waals surface area contributed by atoms with Gasteiger partial charge in [0, 0.05) is 6.42 Å². The lowest BCUT2D eigenvalue weighted by atomic mass is 9.90. The van der Waals surface area contributed by atoms with Crippen molar-refractivity contribution in [2.45, 2.75) is 71.1 Å². The predicted molar refractivity (Wildman–Crippen MR) is 112 cm³/mol. The van der Waals surface area contributed by atoms with E-state index in [1.165, 1.54) is 38.2 Å². The van der Waals surface area contributed by atoms with Gasteiger partial charge in [-0.15, -0.1) is 0 Å². The number of unbranched alkanes of at least 4 members (excludes halogenated alkanes) is 8. The molecule has 0 aromatic rings. The summed E-state index contributed by atoms with van der Waals surface area (Å²) in [6.07, 6.45) is 13.8. The number of aliphatic hydroxyl groups excluding tert-OH is 1. The van der Waals surface area contributed by atoms with Crippen LogP contribution in [0, 0.1) is 5.92 Å². The second-order valence-electron chi connectivity index (χ2n) is 7.55. The maximum absolute atomic E-state index is 13.4. The third-order valence-corrected chi connectivity index (χ3v) is 5.10. The van der Waals surface area contributed by atoms with Crippen LogP contribution in [-0.2, 0) is 14.4 Å². The Morgan fingerprint density at radius 2 is 1.67 bits per heavy atom. The first-order valence-corrected chi connectivity index (χ1v) is 10.6. The van der Waals surface area contributed by atoms with E-state index in [0.29, 0.717) is 6.42 Å². The van der Waals surface area contributed by atoms with Crippen molar-refractivity contribution in [3.05, 3.63) is 35.4 Å². The molecule has 3 amide bonds. The highest BCUT2D eigenvalue weighted by Gasteiger charge is 2.35. The highest BCUT2D eigenvalue weighted by molar-refractivity contribution is 6.25. The summed E-state index contributed by atoms with van der Waals surface area (Å²) in [6, 6.07) is 0. The number of amides is 3. The molecule has 164 valence electrons. The maximum Gasteiger partial charge on any atom is 0.286 e. The zero-order chi connectivity index (χ0) is 21.9. The van der Waals surface area contributed by atoms with E-state index in [4.69, 9.17) is 0 Å². The van der Waals surface area contributed by atoms with E-state index in [0.717, 1.165) is 31.4 Å². The van der Waals surface area contributed by atoms with Crippen molar-refractivity contribution < 1.29 is 23.9 Å². The predicted octanol–water partition coefficient (Wildman–Crippen LogP) is 3.89. The Hall–Kier alpha value is -2.77. The Morgan fingerprint density at radius 1 is 1.03 bits per heavy atom. The van der Waals surface area contributed by atoms with E-state index in [2.05, 4.69) is 22.8 Å². The molecule has 1 aliphatic heterocycles. The molecule has 0 radical (unpaired) electrons. The molecule has 0 aromatic carbocycles. The molecule has 0 aromatic heterocycles. The molecule has 30 heavy (non-hydrogen) atoms. The van der Waals surface area contributed by atoms with E-state index >= 15 is 0 Å². The molecule has 1 atom stereocenters. The van der Waals surface area contributed by atoms with Crippen LogP contribution >= 0.6 is 0 Å². The van der Waals surface area contributed by atoms with Gasteiger partial charge in [-0.25, -0.2) is 9.38 Å². The molecule has 7 nitrogen and oxygen atoms in total. The van der Waals surface area contributed by atoms with Crippen LogP contribution in [0.1, 0.15) is 71.1 Å². The number of hydrazine groups is 1. The van der Waals surface area contributed by atoms with Gasteiger partial charge in [0.2, 0.25) is 5.91 Å². The lowest BCUT2D eigenvalue weighted by Gasteiger charge is -2.22. The van der Waals surface area contributed by atoms with Gasteiger partial charge in [-0.3, -0.25) is 25.2 Å². The summed E-state index contributed by atoms with van der Waals surface area (Å²) in [6.45, 7) is 2.19. The van der Waals surface area contributed by atoms with Crippen LogP contribution in [0.25, 0.3) is 0 Å². The third-order valence-electron chi connectivity index (χ3n) is 5.10. The summed E-state index contributed by atoms with van der Waals surface area (Å²) in [4.78, 5) is 39.9. The van der Waals surface area contributed by atoms with E-state index in [1.54, 1.807) is 0 Å². The molecule has 0 spiro atoms. The van der Waals surface area contributed by atoms with Crippen molar-refractivity contribution in [3.8, 4) is 0 Å². The average Bonchev–Trinajstić information content (AvgIpc) is 2.71. The van der Waals surface area contributed by atoms with Crippen molar-refractivity contribution >= 4 is 23.4 Å². The lowest BCUT2D eigenvalue weighted by Crippen LogP contribution is -2.44. The van der Waals surface area contributed by atoms with Crippen LogP contribution in [0.2, 0.25) is 0 Å². The molecule has 1 aliphatic carbocycles. The van der Waals surface area contributed by atoms with Gasteiger partial charge >= 0.3 is 0 Å². The molecule has 1 heterocycles. The summed E-state index contributed by atoms with van der Waals surface area (Å²) in [5.41, 5.74) is 3.91. The van der Waals surface area contributed by atoms with Crippen LogP contribution < -0.4 is 10.9 Å². The molecule has 0 saturated carbocycles. The summed E-state index contributed by atoms with van der Waals surface area (Å²) >= 11 is 0. The number of hydrogen-bond acceptors (Lipinski definition) is 4. The number of rotatable bonds is 11. The SMILES string of the molecule is CCCCCCCCCCCC(=O)NNC(=O)C1=C(O)C2C=C(F)C=CC2=NC1=O. The number of carbonyl (C=O) groups is 3. The quantitative estimate of drug-likeness (QED) is 0.268. The second-order valence-corrected chi connectivity index (χ2v) is 7.55. The number of allylic oxidation sites excluding steroid dienone is 4. The topological polar surface area (TPSA) is 108 Å². The van der Waals surface area contributed by atoms with Gasteiger partial charge in [0.25, 0.3) is 11.8 Å². The summed E-state index contributed by atoms with van der Waals surface area (Å²) in [5, 5.41) is 10.2. The van der Waals surface area contributed by atoms with E-state index in [-0.39, 0.29) is 18.0 Å². The number of hydrogen-bond donors (Lipinski definition) is 3. The first-order chi connectivity index (χ1) is 14.4. The van der Waals surface area contributed by atoms with Gasteiger partial charge in [-0.05, 0) is 24.6 Å². The first kappa shape index (κ1) is 23.5. The van der Waals surface area contributed by atoms with Crippen molar-refractivity contribution in [2.75, 3.05) is 0 Å². The highest BCUT2D eigenvalue weighted by Crippen LogP contribution is 2.28. The Kier molecular flexibility index (Phi) is 9.44. The molecular formula is C22H30FN3O4. The number of aliphatic imine (C=N–C) groups is 1. The van der Waals surface area contributed by atoms with Gasteiger partial charge < -0.3 is 5.11 Å². The molecule has 2 aliphatic rings. The van der Waals surface area contributed by atoms with E-state index in [1.807, 2.05) is 0 Å². The Bertz CT molecular complexity index is 783. The first-order valence-electron chi connectivity index (χ1n) is 10.6. The largest absolute Gasteiger partial charge is 0.510 e. The molecule has 8 heteroatoms. The number of nitrogens with one attached hydrogen (secondary N) is 2. The van der Waals surface area contributed by atoms with Gasteiger partial charge in [-0.1, -0.05) is 58.3 Å². The number of aliphatic hydroxyl groups is 1. The fourth-order valence-corrected chi connectivity index (χ4v) is 3.39. The standard InChI is InChI=1S/C22H30FN3O4/c1-2-3-4-5-6-7-8-9-10-11-18(27)25-26-22(30)19-20(28)16-14-15(23)12-13-17(16)24-21(19)29/h12-14,16,28H,2-11H2,1H3,(H,25,27)(H,26,30). The number of carbonyl (C=O) groups excluding carboxylic acids is 3. The molecule has 0 bridgehead atoms. The minimum Gasteiger partial charge on any atom is -0.510 e. The Balaban J connectivity index is 1.70. The van der Waals surface area contributed by atoms with Crippen molar-refractivity contribution in [1.82, 2.24) is 10.9 Å². The van der Waals surface area contributed by atoms with Gasteiger partial charge in [0.15, 0.2) is 0 Å². The summed E-state index contributed by atoms with van der Waals surface area (Å²) < 4.78 is 13.4. The smallest absolute Gasteiger partial charge is 0.286 e. The van der Waals surface area contributed by atoms with E-state index in [9.17, 15) is 23.9 Å². The zero-order valence-corrected chi connectivity index (χ0v) is 17.4. The van der Waals surface area contributed by atoms with Crippen molar-refractivity contribution in [1.29, 1.82) is 0 Å². The van der Waals surface area contributed by atoms with Crippen LogP contribution in [0.5, 0.6) is 0 Å². The van der Waals surface area contributed by atoms with Crippen LogP contribution in [0.3, 0.4) is 0 Å². The molecule has 1 unspecified atom stereocenters. The fraction of sp³-hybridized carbons (Fsp3) is 0.545. The molecular weight excluding hydrogens is 389 g/mol. The molecule has 0 saturated heterocycles. The lowest BCUT2D eigenvalue weighted by molar-refractivity contribution is -0.129. The maximum atomic E-state index is 13.4. The van der Waals surface area contributed by atoms with Crippen molar-refractivity contribution in [2.24, 2.45) is 10.9 Å². The summed E-state index contributed by atoms with van der Waals surface area (Å²) in [5.74, 6) is -4.49. The number of nitrogens with zero attached hydrogens (tertiary/aromatic N) is 1. The van der Waals surface area contributed by atoms with Crippen LogP contribution in [0.4, 0.5) is 4.39 Å². The molecule has 3 N–H and O–H groups in total. The minimum atomic E-state index is -0.994. The minimum absolute atomic E-state index is 0.157. The monoisotopic (exact) mass is 419 g/mol. The Labute approximate surface area is 176 Å². The fourth-order valence-electron chi connectivity index (χ4n) is 3.39. The number of halogens is 1. The molecule has 2 rings (SSSR count). The number of fused-ring (bicyclic) bond motifs is 1. The van der Waals surface area contributed by atoms with Gasteiger partial charge in [-0.2, -0.15) is 0 Å². The van der Waals surface area contributed by atoms with Crippen LogP contribution in [0.15, 0.2) is 40.4 Å². The zero-order valence-electron chi connectivity index (χ0n) is 17.4. The van der Waals surface area contributed by atoms with Gasteiger partial charge in [0.05, 0.1) is 11.6 Å².